The number of hydrogen-bond acceptors (Lipinski definition) is 4. The van der Waals surface area contributed by atoms with Gasteiger partial charge in [-0.15, -0.1) is 0 Å². The third-order valence-electron chi connectivity index (χ3n) is 3.36. The molecule has 1 N–H and O–H groups in total. The highest BCUT2D eigenvalue weighted by Crippen LogP contribution is 2.27. The summed E-state index contributed by atoms with van der Waals surface area (Å²) < 4.78 is 38.5. The third-order valence-corrected chi connectivity index (χ3v) is 5.04. The summed E-state index contributed by atoms with van der Waals surface area (Å²) in [5.74, 6) is 1.34. The highest BCUT2D eigenvalue weighted by Gasteiger charge is 2.20. The van der Waals surface area contributed by atoms with Crippen LogP contribution >= 0.6 is 0 Å². The average molecular weight is 335 g/mol. The Morgan fingerprint density at radius 2 is 1.57 bits per heavy atom. The van der Waals surface area contributed by atoms with E-state index < -0.39 is 10.0 Å². The Morgan fingerprint density at radius 3 is 2.04 bits per heavy atom. The molecule has 124 valence electrons. The van der Waals surface area contributed by atoms with Crippen molar-refractivity contribution >= 4 is 15.7 Å². The van der Waals surface area contributed by atoms with Crippen molar-refractivity contribution in [1.29, 1.82) is 0 Å². The third kappa shape index (κ3) is 3.96. The van der Waals surface area contributed by atoms with E-state index in [1.54, 1.807) is 57.4 Å². The Bertz CT molecular complexity index is 760. The summed E-state index contributed by atoms with van der Waals surface area (Å²) in [5.41, 5.74) is 1.77. The van der Waals surface area contributed by atoms with E-state index in [0.717, 1.165) is 0 Å². The van der Waals surface area contributed by atoms with Gasteiger partial charge >= 0.3 is 0 Å². The highest BCUT2D eigenvalue weighted by molar-refractivity contribution is 7.92. The van der Waals surface area contributed by atoms with Gasteiger partial charge in [0.1, 0.15) is 11.5 Å². The molecule has 2 rings (SSSR count). The Hall–Kier alpha value is -2.21. The lowest BCUT2D eigenvalue weighted by molar-refractivity contribution is 0.340. The maximum absolute atomic E-state index is 12.7. The minimum Gasteiger partial charge on any atom is -0.497 e. The van der Waals surface area contributed by atoms with E-state index in [1.807, 2.05) is 6.92 Å². The van der Waals surface area contributed by atoms with E-state index in [4.69, 9.17) is 9.47 Å². The molecular weight excluding hydrogens is 314 g/mol. The molecule has 2 aromatic rings. The lowest BCUT2D eigenvalue weighted by Crippen LogP contribution is -2.15. The highest BCUT2D eigenvalue weighted by atomic mass is 32.2. The van der Waals surface area contributed by atoms with Gasteiger partial charge in [-0.1, -0.05) is 0 Å². The van der Waals surface area contributed by atoms with E-state index in [1.165, 1.54) is 0 Å². The molecule has 0 radical (unpaired) electrons. The molecule has 0 fully saturated rings. The minimum atomic E-state index is -3.67. The molecule has 0 aliphatic heterocycles. The number of rotatable bonds is 6. The summed E-state index contributed by atoms with van der Waals surface area (Å²) in [6.45, 7) is 5.96. The summed E-state index contributed by atoms with van der Waals surface area (Å²) in [6.07, 6.45) is 0. The zero-order chi connectivity index (χ0) is 17.0. The summed E-state index contributed by atoms with van der Waals surface area (Å²) >= 11 is 0. The molecule has 0 saturated heterocycles. The molecular formula is C17H21NO4S. The van der Waals surface area contributed by atoms with Crippen molar-refractivity contribution in [2.75, 3.05) is 18.4 Å². The quantitative estimate of drug-likeness (QED) is 0.877. The van der Waals surface area contributed by atoms with Crippen molar-refractivity contribution in [3.8, 4) is 11.5 Å². The fourth-order valence-electron chi connectivity index (χ4n) is 2.44. The van der Waals surface area contributed by atoms with Crippen molar-refractivity contribution in [2.24, 2.45) is 0 Å². The van der Waals surface area contributed by atoms with Gasteiger partial charge < -0.3 is 9.47 Å². The van der Waals surface area contributed by atoms with Gasteiger partial charge in [0.25, 0.3) is 10.0 Å². The molecule has 0 unspecified atom stereocenters. The van der Waals surface area contributed by atoms with Crippen molar-refractivity contribution < 1.29 is 17.9 Å². The topological polar surface area (TPSA) is 64.6 Å². The van der Waals surface area contributed by atoms with Gasteiger partial charge in [0.05, 0.1) is 18.6 Å². The van der Waals surface area contributed by atoms with E-state index in [-0.39, 0.29) is 4.90 Å². The van der Waals surface area contributed by atoms with Gasteiger partial charge in [-0.3, -0.25) is 4.72 Å². The van der Waals surface area contributed by atoms with Crippen molar-refractivity contribution in [2.45, 2.75) is 25.7 Å². The summed E-state index contributed by atoms with van der Waals surface area (Å²) in [5, 5.41) is 0. The first-order chi connectivity index (χ1) is 10.9. The van der Waals surface area contributed by atoms with Crippen LogP contribution in [-0.2, 0) is 10.0 Å². The van der Waals surface area contributed by atoms with E-state index in [2.05, 4.69) is 4.72 Å². The number of hydrogen-bond donors (Lipinski definition) is 1. The van der Waals surface area contributed by atoms with Crippen LogP contribution in [0.15, 0.2) is 41.3 Å². The molecule has 0 aliphatic carbocycles. The van der Waals surface area contributed by atoms with Crippen LogP contribution in [0.4, 0.5) is 5.69 Å². The molecule has 0 heterocycles. The van der Waals surface area contributed by atoms with Crippen LogP contribution in [0.5, 0.6) is 11.5 Å². The smallest absolute Gasteiger partial charge is 0.262 e. The lowest BCUT2D eigenvalue weighted by Gasteiger charge is -2.14. The molecule has 23 heavy (non-hydrogen) atoms. The monoisotopic (exact) mass is 335 g/mol. The molecule has 0 amide bonds. The predicted molar refractivity (Wildman–Crippen MR) is 90.9 cm³/mol. The molecule has 0 aromatic heterocycles. The lowest BCUT2D eigenvalue weighted by atomic mass is 10.1. The second kappa shape index (κ2) is 6.91. The molecule has 0 atom stereocenters. The zero-order valence-electron chi connectivity index (χ0n) is 13.7. The number of ether oxygens (including phenoxy) is 2. The van der Waals surface area contributed by atoms with Crippen LogP contribution in [0.2, 0.25) is 0 Å². The van der Waals surface area contributed by atoms with E-state index >= 15 is 0 Å². The molecule has 0 aliphatic rings. The number of aryl methyl sites for hydroxylation is 2. The van der Waals surface area contributed by atoms with Gasteiger partial charge in [-0.2, -0.15) is 0 Å². The minimum absolute atomic E-state index is 0.271. The predicted octanol–water partition coefficient (Wildman–Crippen LogP) is 3.51. The van der Waals surface area contributed by atoms with Gasteiger partial charge in [0.2, 0.25) is 0 Å². The summed E-state index contributed by atoms with van der Waals surface area (Å²) in [6, 6.07) is 10.2. The van der Waals surface area contributed by atoms with Crippen LogP contribution in [-0.4, -0.2) is 22.1 Å². The number of sulfonamides is 1. The van der Waals surface area contributed by atoms with Crippen molar-refractivity contribution in [3.63, 3.8) is 0 Å². The number of nitrogens with one attached hydrogen (secondary N) is 1. The van der Waals surface area contributed by atoms with Gasteiger partial charge in [0, 0.05) is 5.69 Å². The molecule has 5 nitrogen and oxygen atoms in total. The van der Waals surface area contributed by atoms with Crippen LogP contribution in [0.3, 0.4) is 0 Å². The first-order valence-corrected chi connectivity index (χ1v) is 8.76. The SMILES string of the molecule is CCOc1ccc(NS(=O)(=O)c2c(C)cc(OC)cc2C)cc1. The van der Waals surface area contributed by atoms with Gasteiger partial charge in [-0.05, 0) is 68.3 Å². The first-order valence-electron chi connectivity index (χ1n) is 7.28. The molecule has 2 aromatic carbocycles. The van der Waals surface area contributed by atoms with Crippen molar-refractivity contribution in [3.05, 3.63) is 47.5 Å². The van der Waals surface area contributed by atoms with E-state index in [9.17, 15) is 8.42 Å². The zero-order valence-corrected chi connectivity index (χ0v) is 14.5. The summed E-state index contributed by atoms with van der Waals surface area (Å²) in [4.78, 5) is 0.271. The Balaban J connectivity index is 2.32. The van der Waals surface area contributed by atoms with Crippen LogP contribution in [0.1, 0.15) is 18.1 Å². The maximum atomic E-state index is 12.7. The first kappa shape index (κ1) is 17.1. The van der Waals surface area contributed by atoms with Crippen LogP contribution < -0.4 is 14.2 Å². The second-order valence-electron chi connectivity index (χ2n) is 5.15. The Labute approximate surface area is 137 Å². The van der Waals surface area contributed by atoms with Crippen molar-refractivity contribution in [1.82, 2.24) is 0 Å². The standard InChI is InChI=1S/C17H21NO4S/c1-5-22-15-8-6-14(7-9-15)18-23(19,20)17-12(2)10-16(21-4)11-13(17)3/h6-11,18H,5H2,1-4H3. The summed E-state index contributed by atoms with van der Waals surface area (Å²) in [7, 11) is -2.12. The average Bonchev–Trinajstić information content (AvgIpc) is 2.48. The normalized spacial score (nSPS) is 11.1. The molecule has 0 spiro atoms. The second-order valence-corrected chi connectivity index (χ2v) is 6.77. The van der Waals surface area contributed by atoms with E-state index in [0.29, 0.717) is 34.9 Å². The molecule has 0 bridgehead atoms. The van der Waals surface area contributed by atoms with Gasteiger partial charge in [-0.25, -0.2) is 8.42 Å². The number of methoxy groups -OCH3 is 1. The maximum Gasteiger partial charge on any atom is 0.262 e. The van der Waals surface area contributed by atoms with Crippen LogP contribution in [0.25, 0.3) is 0 Å². The van der Waals surface area contributed by atoms with Gasteiger partial charge in [0.15, 0.2) is 0 Å². The largest absolute Gasteiger partial charge is 0.497 e. The van der Waals surface area contributed by atoms with Crippen LogP contribution in [0, 0.1) is 13.8 Å². The Morgan fingerprint density at radius 1 is 1.00 bits per heavy atom. The number of anilines is 1. The fraction of sp³-hybridized carbons (Fsp3) is 0.294. The fourth-order valence-corrected chi connectivity index (χ4v) is 3.96. The molecule has 0 saturated carbocycles. The number of benzene rings is 2. The Kier molecular flexibility index (Phi) is 5.15. The molecule has 6 heteroatoms.